The molecule has 5 nitrogen and oxygen atoms in total. The molecule has 0 saturated carbocycles. The van der Waals surface area contributed by atoms with Crippen molar-refractivity contribution in [2.45, 2.75) is 12.5 Å². The minimum atomic E-state index is 0.0414. The summed E-state index contributed by atoms with van der Waals surface area (Å²) in [7, 11) is 3.61. The van der Waals surface area contributed by atoms with Crippen molar-refractivity contribution < 1.29 is 9.53 Å². The lowest BCUT2D eigenvalue weighted by Gasteiger charge is -2.35. The summed E-state index contributed by atoms with van der Waals surface area (Å²) >= 11 is 0. The third kappa shape index (κ3) is 3.49. The van der Waals surface area contributed by atoms with Crippen LogP contribution in [-0.4, -0.2) is 46.3 Å². The molecule has 1 amide bonds. The number of ether oxygens (including phenoxy) is 1. The van der Waals surface area contributed by atoms with Gasteiger partial charge < -0.3 is 20.3 Å². The second-order valence-electron chi connectivity index (χ2n) is 4.95. The van der Waals surface area contributed by atoms with Crippen molar-refractivity contribution in [2.24, 2.45) is 0 Å². The van der Waals surface area contributed by atoms with Gasteiger partial charge in [0.05, 0.1) is 13.2 Å². The molecule has 20 heavy (non-hydrogen) atoms. The van der Waals surface area contributed by atoms with E-state index in [2.05, 4.69) is 27.7 Å². The number of methoxy groups -OCH3 is 1. The number of anilines is 1. The topological polar surface area (TPSA) is 53.6 Å². The highest BCUT2D eigenvalue weighted by molar-refractivity contribution is 5.82. The molecule has 0 fully saturated rings. The van der Waals surface area contributed by atoms with Gasteiger partial charge in [0.2, 0.25) is 5.91 Å². The van der Waals surface area contributed by atoms with Gasteiger partial charge in [-0.25, -0.2) is 0 Å². The van der Waals surface area contributed by atoms with E-state index in [4.69, 9.17) is 4.74 Å². The number of carbonyl (C=O) groups is 1. The van der Waals surface area contributed by atoms with Crippen LogP contribution in [0.4, 0.5) is 5.69 Å². The van der Waals surface area contributed by atoms with Crippen molar-refractivity contribution in [2.75, 3.05) is 45.3 Å². The maximum Gasteiger partial charge on any atom is 0.239 e. The fraction of sp³-hybridized carbons (Fsp3) is 0.533. The van der Waals surface area contributed by atoms with Gasteiger partial charge in [0.15, 0.2) is 0 Å². The molecule has 110 valence electrons. The molecule has 0 saturated heterocycles. The van der Waals surface area contributed by atoms with Gasteiger partial charge in [0.1, 0.15) is 0 Å². The third-order valence-corrected chi connectivity index (χ3v) is 3.65. The molecule has 0 aliphatic carbocycles. The number of para-hydroxylation sites is 1. The Morgan fingerprint density at radius 1 is 1.45 bits per heavy atom. The van der Waals surface area contributed by atoms with Crippen LogP contribution in [0.25, 0.3) is 0 Å². The highest BCUT2D eigenvalue weighted by Crippen LogP contribution is 2.32. The van der Waals surface area contributed by atoms with E-state index in [9.17, 15) is 4.79 Å². The first-order chi connectivity index (χ1) is 9.76. The summed E-state index contributed by atoms with van der Waals surface area (Å²) in [6.45, 7) is 2.39. The zero-order valence-corrected chi connectivity index (χ0v) is 12.2. The molecule has 0 radical (unpaired) electrons. The summed E-state index contributed by atoms with van der Waals surface area (Å²) in [5.41, 5.74) is 2.42. The number of hydrogen-bond donors (Lipinski definition) is 2. The number of hydrogen-bond acceptors (Lipinski definition) is 4. The molecule has 1 aliphatic rings. The van der Waals surface area contributed by atoms with Gasteiger partial charge in [0, 0.05) is 31.9 Å². The third-order valence-electron chi connectivity index (χ3n) is 3.65. The first kappa shape index (κ1) is 14.8. The molecule has 1 aromatic rings. The fourth-order valence-corrected chi connectivity index (χ4v) is 2.62. The minimum absolute atomic E-state index is 0.0414. The highest BCUT2D eigenvalue weighted by atomic mass is 16.5. The van der Waals surface area contributed by atoms with Crippen LogP contribution in [0.2, 0.25) is 0 Å². The van der Waals surface area contributed by atoms with Crippen molar-refractivity contribution in [3.05, 3.63) is 29.8 Å². The Kier molecular flexibility index (Phi) is 5.38. The fourth-order valence-electron chi connectivity index (χ4n) is 2.62. The van der Waals surface area contributed by atoms with Crippen molar-refractivity contribution in [3.63, 3.8) is 0 Å². The average Bonchev–Trinajstić information content (AvgIpc) is 2.48. The summed E-state index contributed by atoms with van der Waals surface area (Å²) in [5.74, 6) is 0.0414. The number of nitrogens with one attached hydrogen (secondary N) is 2. The zero-order chi connectivity index (χ0) is 14.4. The van der Waals surface area contributed by atoms with Crippen LogP contribution in [0.5, 0.6) is 0 Å². The van der Waals surface area contributed by atoms with E-state index in [1.54, 1.807) is 7.11 Å². The Bertz CT molecular complexity index is 450. The van der Waals surface area contributed by atoms with Crippen molar-refractivity contribution in [1.29, 1.82) is 0 Å². The van der Waals surface area contributed by atoms with E-state index in [0.29, 0.717) is 25.7 Å². The van der Waals surface area contributed by atoms with E-state index in [-0.39, 0.29) is 5.91 Å². The summed E-state index contributed by atoms with van der Waals surface area (Å²) in [5, 5.41) is 6.20. The largest absolute Gasteiger partial charge is 0.383 e. The maximum absolute atomic E-state index is 11.9. The molecule has 0 bridgehead atoms. The van der Waals surface area contributed by atoms with E-state index in [1.165, 1.54) is 5.56 Å². The molecule has 0 aromatic heterocycles. The standard InChI is InChI=1S/C15H23N3O2/c1-16-13-7-9-18(11-15(19)17-8-10-20-2)14-6-4-3-5-12(13)14/h3-6,13,16H,7-11H2,1-2H3,(H,17,19). The first-order valence-electron chi connectivity index (χ1n) is 7.03. The summed E-state index contributed by atoms with van der Waals surface area (Å²) in [6, 6.07) is 8.66. The molecule has 1 heterocycles. The number of benzene rings is 1. The normalized spacial score (nSPS) is 17.7. The molecule has 1 atom stereocenters. The minimum Gasteiger partial charge on any atom is -0.383 e. The molecule has 1 aliphatic heterocycles. The average molecular weight is 277 g/mol. The monoisotopic (exact) mass is 277 g/mol. The number of carbonyl (C=O) groups excluding carboxylic acids is 1. The summed E-state index contributed by atoms with van der Waals surface area (Å²) in [4.78, 5) is 14.1. The maximum atomic E-state index is 11.9. The predicted octanol–water partition coefficient (Wildman–Crippen LogP) is 0.920. The summed E-state index contributed by atoms with van der Waals surface area (Å²) < 4.78 is 4.93. The van der Waals surface area contributed by atoms with E-state index in [0.717, 1.165) is 18.7 Å². The number of nitrogens with zero attached hydrogens (tertiary/aromatic N) is 1. The lowest BCUT2D eigenvalue weighted by Crippen LogP contribution is -2.42. The number of amides is 1. The van der Waals surface area contributed by atoms with Gasteiger partial charge in [-0.15, -0.1) is 0 Å². The first-order valence-corrected chi connectivity index (χ1v) is 7.03. The lowest BCUT2D eigenvalue weighted by atomic mass is 9.96. The molecular weight excluding hydrogens is 254 g/mol. The Hall–Kier alpha value is -1.59. The van der Waals surface area contributed by atoms with Crippen molar-refractivity contribution >= 4 is 11.6 Å². The molecular formula is C15H23N3O2. The van der Waals surface area contributed by atoms with Crippen LogP contribution in [0.3, 0.4) is 0 Å². The van der Waals surface area contributed by atoms with Crippen LogP contribution in [0, 0.1) is 0 Å². The van der Waals surface area contributed by atoms with Gasteiger partial charge in [0.25, 0.3) is 0 Å². The van der Waals surface area contributed by atoms with Crippen LogP contribution in [0.15, 0.2) is 24.3 Å². The van der Waals surface area contributed by atoms with E-state index < -0.39 is 0 Å². The van der Waals surface area contributed by atoms with E-state index in [1.807, 2.05) is 19.2 Å². The van der Waals surface area contributed by atoms with Crippen LogP contribution in [0.1, 0.15) is 18.0 Å². The quantitative estimate of drug-likeness (QED) is 0.759. The Labute approximate surface area is 120 Å². The molecule has 1 unspecified atom stereocenters. The molecule has 2 N–H and O–H groups in total. The van der Waals surface area contributed by atoms with E-state index >= 15 is 0 Å². The van der Waals surface area contributed by atoms with Gasteiger partial charge >= 0.3 is 0 Å². The van der Waals surface area contributed by atoms with Crippen LogP contribution < -0.4 is 15.5 Å². The Morgan fingerprint density at radius 3 is 3.00 bits per heavy atom. The second-order valence-corrected chi connectivity index (χ2v) is 4.95. The zero-order valence-electron chi connectivity index (χ0n) is 12.2. The molecule has 2 rings (SSSR count). The highest BCUT2D eigenvalue weighted by Gasteiger charge is 2.24. The molecule has 1 aromatic carbocycles. The van der Waals surface area contributed by atoms with Gasteiger partial charge in [-0.05, 0) is 25.1 Å². The lowest BCUT2D eigenvalue weighted by molar-refractivity contribution is -0.120. The number of fused-ring (bicyclic) bond motifs is 1. The van der Waals surface area contributed by atoms with Gasteiger partial charge in [-0.1, -0.05) is 18.2 Å². The predicted molar refractivity (Wildman–Crippen MR) is 80.0 cm³/mol. The second kappa shape index (κ2) is 7.26. The molecule has 0 spiro atoms. The van der Waals surface area contributed by atoms with Crippen LogP contribution in [-0.2, 0) is 9.53 Å². The van der Waals surface area contributed by atoms with Crippen molar-refractivity contribution in [3.8, 4) is 0 Å². The molecule has 5 heteroatoms. The van der Waals surface area contributed by atoms with Crippen LogP contribution >= 0.6 is 0 Å². The smallest absolute Gasteiger partial charge is 0.239 e. The Balaban J connectivity index is 2.01. The SMILES string of the molecule is CNC1CCN(CC(=O)NCCOC)c2ccccc21. The van der Waals surface area contributed by atoms with Crippen molar-refractivity contribution in [1.82, 2.24) is 10.6 Å². The number of rotatable bonds is 6. The summed E-state index contributed by atoms with van der Waals surface area (Å²) in [6.07, 6.45) is 1.01. The van der Waals surface area contributed by atoms with Gasteiger partial charge in [-0.3, -0.25) is 4.79 Å². The van der Waals surface area contributed by atoms with Gasteiger partial charge in [-0.2, -0.15) is 0 Å². The Morgan fingerprint density at radius 2 is 2.25 bits per heavy atom.